The van der Waals surface area contributed by atoms with Crippen LogP contribution in [0, 0.1) is 5.82 Å². The molecule has 1 amide bonds. The van der Waals surface area contributed by atoms with Gasteiger partial charge in [0, 0.05) is 18.9 Å². The zero-order valence-corrected chi connectivity index (χ0v) is 16.8. The minimum Gasteiger partial charge on any atom is -0.344 e. The first kappa shape index (κ1) is 24.0. The van der Waals surface area contributed by atoms with E-state index in [0.29, 0.717) is 19.1 Å². The lowest BCUT2D eigenvalue weighted by atomic mass is 10.2. The van der Waals surface area contributed by atoms with E-state index in [1.165, 1.54) is 11.8 Å². The number of halogens is 7. The van der Waals surface area contributed by atoms with Crippen LogP contribution in [0.4, 0.5) is 32.0 Å². The van der Waals surface area contributed by atoms with Crippen LogP contribution in [0.2, 0.25) is 5.02 Å². The van der Waals surface area contributed by atoms with Gasteiger partial charge in [-0.25, -0.2) is 21.6 Å². The second-order valence-electron chi connectivity index (χ2n) is 6.14. The van der Waals surface area contributed by atoms with E-state index < -0.39 is 61.6 Å². The summed E-state index contributed by atoms with van der Waals surface area (Å²) in [6, 6.07) is -0.0655. The SMILES string of the molecule is C[C@@H](NS(=O)(=O)c1cn(C)c(C(=O)Nc2ccc(F)c(C(F)F)c2)c1Cl)C(F)(F)F. The fourth-order valence-electron chi connectivity index (χ4n) is 2.36. The summed E-state index contributed by atoms with van der Waals surface area (Å²) in [5, 5.41) is 1.47. The molecule has 0 aliphatic rings. The van der Waals surface area contributed by atoms with E-state index in [0.717, 1.165) is 16.8 Å². The number of rotatable bonds is 6. The molecule has 2 rings (SSSR count). The number of amides is 1. The summed E-state index contributed by atoms with van der Waals surface area (Å²) in [6.45, 7) is 0.580. The molecule has 0 spiro atoms. The fraction of sp³-hybridized carbons (Fsp3) is 0.312. The maximum Gasteiger partial charge on any atom is 0.404 e. The number of hydrogen-bond donors (Lipinski definition) is 2. The number of anilines is 1. The molecule has 2 aromatic rings. The van der Waals surface area contributed by atoms with Crippen LogP contribution in [0.25, 0.3) is 0 Å². The summed E-state index contributed by atoms with van der Waals surface area (Å²) in [5.74, 6) is -2.25. The molecule has 2 N–H and O–H groups in total. The molecule has 0 saturated carbocycles. The monoisotopic (exact) mass is 477 g/mol. The number of aryl methyl sites for hydroxylation is 1. The van der Waals surface area contributed by atoms with Gasteiger partial charge in [0.15, 0.2) is 0 Å². The highest BCUT2D eigenvalue weighted by Gasteiger charge is 2.40. The first-order chi connectivity index (χ1) is 13.6. The molecule has 14 heteroatoms. The molecule has 1 heterocycles. The third-order valence-electron chi connectivity index (χ3n) is 3.90. The van der Waals surface area contributed by atoms with E-state index in [4.69, 9.17) is 11.6 Å². The van der Waals surface area contributed by atoms with Crippen molar-refractivity contribution in [1.82, 2.24) is 9.29 Å². The first-order valence-electron chi connectivity index (χ1n) is 7.98. The Kier molecular flexibility index (Phi) is 6.79. The lowest BCUT2D eigenvalue weighted by molar-refractivity contribution is -0.147. The Morgan fingerprint density at radius 2 is 1.83 bits per heavy atom. The zero-order chi connectivity index (χ0) is 23.0. The highest BCUT2D eigenvalue weighted by Crippen LogP contribution is 2.30. The third kappa shape index (κ3) is 5.08. The average molecular weight is 478 g/mol. The molecule has 0 aliphatic carbocycles. The molecule has 0 unspecified atom stereocenters. The number of alkyl halides is 5. The van der Waals surface area contributed by atoms with Gasteiger partial charge in [0.05, 0.1) is 10.6 Å². The molecule has 1 atom stereocenters. The number of hydrogen-bond acceptors (Lipinski definition) is 3. The first-order valence-corrected chi connectivity index (χ1v) is 9.84. The van der Waals surface area contributed by atoms with Crippen molar-refractivity contribution in [3.63, 3.8) is 0 Å². The van der Waals surface area contributed by atoms with Crippen LogP contribution < -0.4 is 10.0 Å². The normalized spacial score (nSPS) is 13.5. The largest absolute Gasteiger partial charge is 0.404 e. The Hall–Kier alpha value is -2.25. The number of aromatic nitrogens is 1. The lowest BCUT2D eigenvalue weighted by Gasteiger charge is -2.16. The molecule has 0 bridgehead atoms. The standard InChI is InChI=1S/C16H14ClF6N3O3S/c1-7(16(21,22)23)25-30(28,29)11-6-26(2)13(12(11)17)15(27)24-8-3-4-10(18)9(5-8)14(19)20/h3-7,14,25H,1-2H3,(H,24,27)/t7-/m1/s1. The van der Waals surface area contributed by atoms with Crippen LogP contribution in [0.15, 0.2) is 29.3 Å². The molecular formula is C16H14ClF6N3O3S. The zero-order valence-electron chi connectivity index (χ0n) is 15.2. The van der Waals surface area contributed by atoms with Gasteiger partial charge >= 0.3 is 6.18 Å². The van der Waals surface area contributed by atoms with Crippen LogP contribution >= 0.6 is 11.6 Å². The Morgan fingerprint density at radius 3 is 2.37 bits per heavy atom. The van der Waals surface area contributed by atoms with Gasteiger partial charge < -0.3 is 9.88 Å². The van der Waals surface area contributed by atoms with Crippen molar-refractivity contribution in [2.24, 2.45) is 7.05 Å². The van der Waals surface area contributed by atoms with E-state index in [9.17, 15) is 39.6 Å². The molecule has 6 nitrogen and oxygen atoms in total. The van der Waals surface area contributed by atoms with Crippen LogP contribution in [-0.2, 0) is 17.1 Å². The smallest absolute Gasteiger partial charge is 0.344 e. The van der Waals surface area contributed by atoms with E-state index >= 15 is 0 Å². The van der Waals surface area contributed by atoms with Crippen LogP contribution in [0.1, 0.15) is 29.4 Å². The number of carbonyl (C=O) groups excluding carboxylic acids is 1. The van der Waals surface area contributed by atoms with Crippen LogP contribution in [-0.4, -0.2) is 31.1 Å². The van der Waals surface area contributed by atoms with E-state index in [2.05, 4.69) is 5.32 Å². The highest BCUT2D eigenvalue weighted by molar-refractivity contribution is 7.89. The molecule has 0 radical (unpaired) electrons. The average Bonchev–Trinajstić information content (AvgIpc) is 2.90. The molecule has 0 aliphatic heterocycles. The summed E-state index contributed by atoms with van der Waals surface area (Å²) < 4.78 is 104. The van der Waals surface area contributed by atoms with E-state index in [-0.39, 0.29) is 5.69 Å². The van der Waals surface area contributed by atoms with Gasteiger partial charge in [-0.15, -0.1) is 0 Å². The summed E-state index contributed by atoms with van der Waals surface area (Å²) in [4.78, 5) is 11.7. The predicted molar refractivity (Wildman–Crippen MR) is 95.6 cm³/mol. The topological polar surface area (TPSA) is 80.2 Å². The molecule has 0 fully saturated rings. The fourth-order valence-corrected chi connectivity index (χ4v) is 4.29. The number of nitrogens with one attached hydrogen (secondary N) is 2. The van der Waals surface area contributed by atoms with Gasteiger partial charge in [0.25, 0.3) is 12.3 Å². The number of benzene rings is 1. The van der Waals surface area contributed by atoms with Gasteiger partial charge in [0.2, 0.25) is 10.0 Å². The maximum atomic E-state index is 13.4. The maximum absolute atomic E-state index is 13.4. The summed E-state index contributed by atoms with van der Waals surface area (Å²) in [6.07, 6.45) is -7.20. The summed E-state index contributed by atoms with van der Waals surface area (Å²) in [7, 11) is -3.56. The van der Waals surface area contributed by atoms with Crippen molar-refractivity contribution >= 4 is 33.2 Å². The van der Waals surface area contributed by atoms with Crippen LogP contribution in [0.3, 0.4) is 0 Å². The Labute approximate surface area is 171 Å². The van der Waals surface area contributed by atoms with Gasteiger partial charge in [0.1, 0.15) is 22.4 Å². The quantitative estimate of drug-likeness (QED) is 0.611. The number of nitrogens with zero attached hydrogens (tertiary/aromatic N) is 1. The Bertz CT molecular complexity index is 1070. The second-order valence-corrected chi connectivity index (χ2v) is 8.20. The minimum atomic E-state index is -4.86. The molecule has 1 aromatic carbocycles. The number of carbonyl (C=O) groups is 1. The van der Waals surface area contributed by atoms with Crippen molar-refractivity contribution < 1.29 is 39.6 Å². The van der Waals surface area contributed by atoms with Gasteiger partial charge in [-0.3, -0.25) is 4.79 Å². The summed E-state index contributed by atoms with van der Waals surface area (Å²) >= 11 is 5.92. The van der Waals surface area contributed by atoms with E-state index in [1.807, 2.05) is 0 Å². The predicted octanol–water partition coefficient (Wildman–Crippen LogP) is 4.24. The van der Waals surface area contributed by atoms with Crippen molar-refractivity contribution in [2.45, 2.75) is 30.5 Å². The second kappa shape index (κ2) is 8.47. The molecule has 166 valence electrons. The van der Waals surface area contributed by atoms with Crippen molar-refractivity contribution in [3.8, 4) is 0 Å². The molecule has 1 aromatic heterocycles. The van der Waals surface area contributed by atoms with Gasteiger partial charge in [-0.2, -0.15) is 17.9 Å². The van der Waals surface area contributed by atoms with Crippen molar-refractivity contribution in [3.05, 3.63) is 46.5 Å². The lowest BCUT2D eigenvalue weighted by Crippen LogP contribution is -2.42. The third-order valence-corrected chi connectivity index (χ3v) is 5.95. The molecule has 0 saturated heterocycles. The number of sulfonamides is 1. The Morgan fingerprint density at radius 1 is 1.23 bits per heavy atom. The minimum absolute atomic E-state index is 0.234. The van der Waals surface area contributed by atoms with Crippen molar-refractivity contribution in [1.29, 1.82) is 0 Å². The highest BCUT2D eigenvalue weighted by atomic mass is 35.5. The van der Waals surface area contributed by atoms with Gasteiger partial charge in [-0.05, 0) is 25.1 Å². The van der Waals surface area contributed by atoms with Crippen LogP contribution in [0.5, 0.6) is 0 Å². The van der Waals surface area contributed by atoms with E-state index in [1.54, 1.807) is 0 Å². The van der Waals surface area contributed by atoms with Crippen molar-refractivity contribution in [2.75, 3.05) is 5.32 Å². The summed E-state index contributed by atoms with van der Waals surface area (Å²) in [5.41, 5.74) is -1.68. The Balaban J connectivity index is 2.35. The van der Waals surface area contributed by atoms with Gasteiger partial charge in [-0.1, -0.05) is 11.6 Å². The molecular weight excluding hydrogens is 464 g/mol. The molecule has 30 heavy (non-hydrogen) atoms.